The molecule has 1 aliphatic carbocycles. The molecule has 0 amide bonds. The van der Waals surface area contributed by atoms with Gasteiger partial charge in [0.25, 0.3) is 0 Å². The van der Waals surface area contributed by atoms with Crippen molar-refractivity contribution in [1.29, 1.82) is 0 Å². The van der Waals surface area contributed by atoms with Gasteiger partial charge in [0.2, 0.25) is 0 Å². The molecular weight excluding hydrogens is 737 g/mol. The van der Waals surface area contributed by atoms with Gasteiger partial charge in [-0.05, 0) is 66.4 Å². The lowest BCUT2D eigenvalue weighted by Gasteiger charge is -2.22. The molecule has 5 nitrogen and oxygen atoms in total. The van der Waals surface area contributed by atoms with Crippen LogP contribution in [0, 0.1) is 0 Å². The fourth-order valence-corrected chi connectivity index (χ4v) is 9.29. The topological polar surface area (TPSA) is 56.5 Å². The fourth-order valence-electron chi connectivity index (χ4n) is 8.15. The van der Waals surface area contributed by atoms with Crippen molar-refractivity contribution in [3.8, 4) is 38.8 Å². The summed E-state index contributed by atoms with van der Waals surface area (Å²) in [6.45, 7) is 23.6. The summed E-state index contributed by atoms with van der Waals surface area (Å²) in [6.07, 6.45) is 18.1. The molecule has 0 atom stereocenters. The first-order valence-corrected chi connectivity index (χ1v) is 20.9. The minimum absolute atomic E-state index is 0.232. The normalized spacial score (nSPS) is 13.6. The van der Waals surface area contributed by atoms with E-state index in [-0.39, 0.29) is 5.41 Å². The first-order valence-electron chi connectivity index (χ1n) is 20.0. The van der Waals surface area contributed by atoms with Crippen LogP contribution in [0.3, 0.4) is 0 Å². The average Bonchev–Trinajstić information content (AvgIpc) is 3.91. The summed E-state index contributed by atoms with van der Waals surface area (Å²) in [5.74, 6) is 1.78. The van der Waals surface area contributed by atoms with Crippen molar-refractivity contribution in [2.75, 3.05) is 0 Å². The minimum atomic E-state index is -0.232. The molecule has 8 rings (SSSR count). The summed E-state index contributed by atoms with van der Waals surface area (Å²) < 4.78 is 3.51. The Morgan fingerprint density at radius 1 is 0.746 bits per heavy atom. The molecule has 0 fully saturated rings. The van der Waals surface area contributed by atoms with Gasteiger partial charge in [-0.25, -0.2) is 19.9 Å². The number of thiazole rings is 1. The van der Waals surface area contributed by atoms with E-state index in [0.29, 0.717) is 24.8 Å². The summed E-state index contributed by atoms with van der Waals surface area (Å²) in [4.78, 5) is 20.1. The van der Waals surface area contributed by atoms with E-state index in [0.717, 1.165) is 60.9 Å². The number of allylic oxidation sites excluding steroid dienone is 6. The molecule has 0 saturated carbocycles. The van der Waals surface area contributed by atoms with Crippen molar-refractivity contribution < 1.29 is 0 Å². The van der Waals surface area contributed by atoms with Gasteiger partial charge in [0, 0.05) is 44.5 Å². The van der Waals surface area contributed by atoms with Gasteiger partial charge in [-0.3, -0.25) is 0 Å². The van der Waals surface area contributed by atoms with Crippen LogP contribution in [0.4, 0.5) is 0 Å². The Morgan fingerprint density at radius 2 is 1.44 bits per heavy atom. The Kier molecular flexibility index (Phi) is 10.8. The highest BCUT2D eigenvalue weighted by Crippen LogP contribution is 2.53. The van der Waals surface area contributed by atoms with E-state index in [2.05, 4.69) is 118 Å². The van der Waals surface area contributed by atoms with Crippen LogP contribution in [0.15, 0.2) is 141 Å². The van der Waals surface area contributed by atoms with E-state index in [1.165, 1.54) is 27.0 Å². The molecule has 59 heavy (non-hydrogen) atoms. The van der Waals surface area contributed by atoms with Gasteiger partial charge < -0.3 is 4.57 Å². The van der Waals surface area contributed by atoms with E-state index in [9.17, 15) is 0 Å². The third-order valence-electron chi connectivity index (χ3n) is 11.1. The maximum Gasteiger partial charge on any atom is 0.164 e. The average molecular weight is 784 g/mol. The van der Waals surface area contributed by atoms with E-state index < -0.39 is 0 Å². The standard InChI is InChI=1S/C52H46BN5S/c1-9-14-22-33(11-3)48-55-49(34-23-17-15-18-24-34)57-50(56-48)42(53-8)32-39-37(21-10-2)44(12-4)58(45(39)13-5)36-27-28-38-41(31-36)52(6,7)40-29-30-43-47(46(38)40)59-51(54-43)35-25-19-16-20-26-35/h9-32,53H,3-5H2,1-2,6-8H3/b14-9-,21-10-,33-22+,42-32-. The van der Waals surface area contributed by atoms with Crippen LogP contribution in [-0.2, 0) is 5.41 Å². The number of rotatable bonds is 12. The van der Waals surface area contributed by atoms with Gasteiger partial charge in [0.05, 0.1) is 21.6 Å². The van der Waals surface area contributed by atoms with Gasteiger partial charge in [0.15, 0.2) is 24.8 Å². The van der Waals surface area contributed by atoms with E-state index in [4.69, 9.17) is 19.9 Å². The van der Waals surface area contributed by atoms with Crippen LogP contribution in [-0.4, -0.2) is 31.8 Å². The van der Waals surface area contributed by atoms with Gasteiger partial charge in [-0.2, -0.15) is 0 Å². The van der Waals surface area contributed by atoms with Crippen LogP contribution < -0.4 is 0 Å². The summed E-state index contributed by atoms with van der Waals surface area (Å²) in [5, 5.41) is 1.04. The SMILES string of the molecule is C=C/C(=C\C=C/C)c1nc(/C(BC)=C/c2c(/C=C\C)c(C=C)n(-c3ccc4c(c3)C(C)(C)c3ccc5nc(-c6ccccc6)sc5c3-4)c2C=C)nc(-c2ccccc2)n1. The van der Waals surface area contributed by atoms with Crippen LogP contribution in [0.5, 0.6) is 0 Å². The summed E-state index contributed by atoms with van der Waals surface area (Å²) in [5.41, 5.74) is 14.8. The molecule has 7 heteroatoms. The lowest BCUT2D eigenvalue weighted by atomic mass is 9.71. The second kappa shape index (κ2) is 16.3. The number of hydrogen-bond acceptors (Lipinski definition) is 5. The van der Waals surface area contributed by atoms with Crippen molar-refractivity contribution in [3.63, 3.8) is 0 Å². The van der Waals surface area contributed by atoms with Crippen molar-refractivity contribution in [2.24, 2.45) is 0 Å². The molecule has 288 valence electrons. The predicted octanol–water partition coefficient (Wildman–Crippen LogP) is 13.4. The molecule has 3 heterocycles. The zero-order valence-corrected chi connectivity index (χ0v) is 35.1. The zero-order valence-electron chi connectivity index (χ0n) is 34.3. The minimum Gasteiger partial charge on any atom is -0.309 e. The van der Waals surface area contributed by atoms with Crippen molar-refractivity contribution >= 4 is 64.2 Å². The Morgan fingerprint density at radius 3 is 2.10 bits per heavy atom. The van der Waals surface area contributed by atoms with Crippen LogP contribution in [0.25, 0.3) is 84.3 Å². The van der Waals surface area contributed by atoms with E-state index >= 15 is 0 Å². The molecule has 0 unspecified atom stereocenters. The molecule has 0 N–H and O–H groups in total. The van der Waals surface area contributed by atoms with Crippen LogP contribution in [0.1, 0.15) is 73.0 Å². The quantitative estimate of drug-likeness (QED) is 0.0915. The van der Waals surface area contributed by atoms with Crippen molar-refractivity contribution in [2.45, 2.75) is 39.9 Å². The summed E-state index contributed by atoms with van der Waals surface area (Å²) >= 11 is 1.77. The van der Waals surface area contributed by atoms with Crippen molar-refractivity contribution in [1.82, 2.24) is 24.5 Å². The highest BCUT2D eigenvalue weighted by molar-refractivity contribution is 7.22. The smallest absolute Gasteiger partial charge is 0.164 e. The Bertz CT molecular complexity index is 2900. The highest BCUT2D eigenvalue weighted by atomic mass is 32.1. The molecular formula is C52H46BN5S. The maximum absolute atomic E-state index is 5.08. The third-order valence-corrected chi connectivity index (χ3v) is 12.2. The van der Waals surface area contributed by atoms with E-state index in [1.54, 1.807) is 17.4 Å². The third kappa shape index (κ3) is 6.91. The first kappa shape index (κ1) is 39.1. The Hall–Kier alpha value is -6.70. The lowest BCUT2D eigenvalue weighted by Crippen LogP contribution is -2.15. The number of aromatic nitrogens is 5. The summed E-state index contributed by atoms with van der Waals surface area (Å²) in [7, 11) is 0.684. The van der Waals surface area contributed by atoms with Crippen LogP contribution in [0.2, 0.25) is 6.82 Å². The lowest BCUT2D eigenvalue weighted by molar-refractivity contribution is 0.660. The number of nitrogens with zero attached hydrogens (tertiary/aromatic N) is 5. The molecule has 0 saturated heterocycles. The molecule has 7 aromatic rings. The number of benzene rings is 4. The van der Waals surface area contributed by atoms with Gasteiger partial charge in [-0.15, -0.1) is 11.3 Å². The molecule has 0 spiro atoms. The van der Waals surface area contributed by atoms with Crippen LogP contribution >= 0.6 is 11.3 Å². The second-order valence-corrected chi connectivity index (χ2v) is 16.0. The number of hydrogen-bond donors (Lipinski definition) is 0. The molecule has 0 bridgehead atoms. The Labute approximate surface area is 352 Å². The van der Waals surface area contributed by atoms with Crippen molar-refractivity contribution in [3.05, 3.63) is 186 Å². The molecule has 1 aliphatic rings. The molecule has 4 aromatic carbocycles. The maximum atomic E-state index is 5.08. The summed E-state index contributed by atoms with van der Waals surface area (Å²) in [6, 6.07) is 31.8. The highest BCUT2D eigenvalue weighted by Gasteiger charge is 2.38. The number of fused-ring (bicyclic) bond motifs is 5. The predicted molar refractivity (Wildman–Crippen MR) is 256 cm³/mol. The van der Waals surface area contributed by atoms with E-state index in [1.807, 2.05) is 80.6 Å². The molecule has 0 aliphatic heterocycles. The zero-order chi connectivity index (χ0) is 41.3. The second-order valence-electron chi connectivity index (χ2n) is 15.0. The molecule has 3 aromatic heterocycles. The van der Waals surface area contributed by atoms with Gasteiger partial charge in [-0.1, -0.05) is 156 Å². The fraction of sp³-hybridized carbons (Fsp3) is 0.115. The van der Waals surface area contributed by atoms with Gasteiger partial charge in [0.1, 0.15) is 5.01 Å². The molecule has 0 radical (unpaired) electrons. The monoisotopic (exact) mass is 783 g/mol. The van der Waals surface area contributed by atoms with Gasteiger partial charge >= 0.3 is 0 Å². The first-order chi connectivity index (χ1) is 28.8. The Balaban J connectivity index is 1.30. The largest absolute Gasteiger partial charge is 0.309 e.